The number of hydrogen-bond donors (Lipinski definition) is 1. The number of alkyl halides is 1. The van der Waals surface area contributed by atoms with Gasteiger partial charge in [0.2, 0.25) is 0 Å². The van der Waals surface area contributed by atoms with E-state index >= 15 is 0 Å². The van der Waals surface area contributed by atoms with Gasteiger partial charge in [-0.05, 0) is 11.6 Å². The van der Waals surface area contributed by atoms with E-state index in [9.17, 15) is 0 Å². The van der Waals surface area contributed by atoms with E-state index in [1.807, 2.05) is 12.2 Å². The first-order valence-corrected chi connectivity index (χ1v) is 4.60. The highest BCUT2D eigenvalue weighted by Crippen LogP contribution is 2.20. The summed E-state index contributed by atoms with van der Waals surface area (Å²) in [6.45, 7) is 0. The van der Waals surface area contributed by atoms with Crippen LogP contribution in [0, 0.1) is 0 Å². The van der Waals surface area contributed by atoms with Crippen LogP contribution in [0.15, 0.2) is 22.8 Å². The lowest BCUT2D eigenvalue weighted by Crippen LogP contribution is -2.25. The standard InChI is InChI=1S/C7H9BrClN/c8-4-5-1-2-6(9)3-7(5)10/h1-2,7H,3-4,10H2. The first kappa shape index (κ1) is 8.31. The van der Waals surface area contributed by atoms with Gasteiger partial charge in [-0.1, -0.05) is 33.6 Å². The van der Waals surface area contributed by atoms with Crippen molar-refractivity contribution in [3.63, 3.8) is 0 Å². The average molecular weight is 223 g/mol. The quantitative estimate of drug-likeness (QED) is 0.676. The smallest absolute Gasteiger partial charge is 0.0314 e. The molecule has 0 spiro atoms. The predicted molar refractivity (Wildman–Crippen MR) is 48.4 cm³/mol. The predicted octanol–water partition coefficient (Wildman–Crippen LogP) is 2.16. The Kier molecular flexibility index (Phi) is 2.96. The van der Waals surface area contributed by atoms with Crippen molar-refractivity contribution < 1.29 is 0 Å². The van der Waals surface area contributed by atoms with Gasteiger partial charge in [-0.15, -0.1) is 0 Å². The molecular formula is C7H9BrClN. The Bertz CT molecular complexity index is 186. The van der Waals surface area contributed by atoms with Crippen LogP contribution in [-0.4, -0.2) is 11.4 Å². The lowest BCUT2D eigenvalue weighted by atomic mass is 10.0. The Balaban J connectivity index is 2.71. The van der Waals surface area contributed by atoms with Crippen molar-refractivity contribution >= 4 is 27.5 Å². The van der Waals surface area contributed by atoms with E-state index in [1.165, 1.54) is 5.57 Å². The fraction of sp³-hybridized carbons (Fsp3) is 0.429. The molecule has 0 saturated carbocycles. The number of hydrogen-bond acceptors (Lipinski definition) is 1. The van der Waals surface area contributed by atoms with E-state index in [1.54, 1.807) is 0 Å². The molecule has 10 heavy (non-hydrogen) atoms. The summed E-state index contributed by atoms with van der Waals surface area (Å²) >= 11 is 9.11. The van der Waals surface area contributed by atoms with E-state index in [0.29, 0.717) is 0 Å². The third-order valence-corrected chi connectivity index (χ3v) is 2.45. The molecule has 0 bridgehead atoms. The van der Waals surface area contributed by atoms with Gasteiger partial charge >= 0.3 is 0 Å². The highest BCUT2D eigenvalue weighted by atomic mass is 79.9. The second kappa shape index (κ2) is 3.56. The van der Waals surface area contributed by atoms with Crippen LogP contribution in [0.25, 0.3) is 0 Å². The Morgan fingerprint density at radius 3 is 2.90 bits per heavy atom. The molecule has 0 amide bonds. The molecule has 1 rings (SSSR count). The number of halogens is 2. The molecule has 0 heterocycles. The molecule has 0 radical (unpaired) electrons. The molecule has 2 N–H and O–H groups in total. The lowest BCUT2D eigenvalue weighted by Gasteiger charge is -2.16. The third-order valence-electron chi connectivity index (χ3n) is 1.52. The Hall–Kier alpha value is 0.210. The van der Waals surface area contributed by atoms with Gasteiger partial charge in [0.25, 0.3) is 0 Å². The van der Waals surface area contributed by atoms with Crippen molar-refractivity contribution in [1.29, 1.82) is 0 Å². The second-order valence-corrected chi connectivity index (χ2v) is 3.35. The van der Waals surface area contributed by atoms with E-state index in [-0.39, 0.29) is 6.04 Å². The van der Waals surface area contributed by atoms with Crippen LogP contribution in [0.4, 0.5) is 0 Å². The largest absolute Gasteiger partial charge is 0.324 e. The van der Waals surface area contributed by atoms with Crippen molar-refractivity contribution in [1.82, 2.24) is 0 Å². The van der Waals surface area contributed by atoms with Gasteiger partial charge in [-0.25, -0.2) is 0 Å². The zero-order valence-electron chi connectivity index (χ0n) is 5.48. The summed E-state index contributed by atoms with van der Waals surface area (Å²) in [5.74, 6) is 0. The second-order valence-electron chi connectivity index (χ2n) is 2.30. The van der Waals surface area contributed by atoms with Crippen molar-refractivity contribution in [2.24, 2.45) is 5.73 Å². The van der Waals surface area contributed by atoms with Crippen LogP contribution in [0.1, 0.15) is 6.42 Å². The summed E-state index contributed by atoms with van der Waals surface area (Å²) < 4.78 is 0. The highest BCUT2D eigenvalue weighted by molar-refractivity contribution is 9.09. The maximum atomic E-state index is 5.76. The Labute approximate surface area is 74.1 Å². The molecule has 0 aliphatic heterocycles. The Morgan fingerprint density at radius 2 is 2.40 bits per heavy atom. The molecule has 0 fully saturated rings. The number of rotatable bonds is 1. The zero-order valence-corrected chi connectivity index (χ0v) is 7.82. The summed E-state index contributed by atoms with van der Waals surface area (Å²) in [6, 6.07) is 0.108. The summed E-state index contributed by atoms with van der Waals surface area (Å²) in [7, 11) is 0. The Morgan fingerprint density at radius 1 is 1.70 bits per heavy atom. The molecule has 0 aromatic rings. The molecule has 56 valence electrons. The molecule has 0 saturated heterocycles. The molecule has 1 unspecified atom stereocenters. The van der Waals surface area contributed by atoms with Gasteiger partial charge in [0.05, 0.1) is 0 Å². The maximum absolute atomic E-state index is 5.76. The minimum atomic E-state index is 0.108. The normalized spacial score (nSPS) is 25.7. The first-order valence-electron chi connectivity index (χ1n) is 3.10. The van der Waals surface area contributed by atoms with E-state index in [2.05, 4.69) is 15.9 Å². The molecule has 1 aliphatic carbocycles. The van der Waals surface area contributed by atoms with Crippen molar-refractivity contribution in [3.8, 4) is 0 Å². The van der Waals surface area contributed by atoms with E-state index < -0.39 is 0 Å². The summed E-state index contributed by atoms with van der Waals surface area (Å²) in [4.78, 5) is 0. The summed E-state index contributed by atoms with van der Waals surface area (Å²) in [6.07, 6.45) is 4.66. The molecule has 3 heteroatoms. The minimum Gasteiger partial charge on any atom is -0.324 e. The topological polar surface area (TPSA) is 26.0 Å². The highest BCUT2D eigenvalue weighted by Gasteiger charge is 2.12. The average Bonchev–Trinajstić information content (AvgIpc) is 1.88. The minimum absolute atomic E-state index is 0.108. The van der Waals surface area contributed by atoms with E-state index in [0.717, 1.165) is 16.8 Å². The summed E-state index contributed by atoms with van der Waals surface area (Å²) in [5.41, 5.74) is 6.97. The fourth-order valence-electron chi connectivity index (χ4n) is 0.874. The van der Waals surface area contributed by atoms with Crippen LogP contribution < -0.4 is 5.73 Å². The third kappa shape index (κ3) is 1.84. The van der Waals surface area contributed by atoms with Crippen molar-refractivity contribution in [3.05, 3.63) is 22.8 Å². The molecular weight excluding hydrogens is 213 g/mol. The van der Waals surface area contributed by atoms with Crippen LogP contribution >= 0.6 is 27.5 Å². The molecule has 1 nitrogen and oxygen atoms in total. The van der Waals surface area contributed by atoms with Crippen LogP contribution in [0.5, 0.6) is 0 Å². The first-order chi connectivity index (χ1) is 4.74. The zero-order chi connectivity index (χ0) is 7.56. The number of nitrogens with two attached hydrogens (primary N) is 1. The van der Waals surface area contributed by atoms with Crippen molar-refractivity contribution in [2.75, 3.05) is 5.33 Å². The molecule has 1 atom stereocenters. The van der Waals surface area contributed by atoms with Crippen molar-refractivity contribution in [2.45, 2.75) is 12.5 Å². The van der Waals surface area contributed by atoms with Gasteiger partial charge in [0.15, 0.2) is 0 Å². The molecule has 0 aromatic carbocycles. The number of allylic oxidation sites excluding steroid dienone is 2. The van der Waals surface area contributed by atoms with Gasteiger partial charge in [-0.2, -0.15) is 0 Å². The van der Waals surface area contributed by atoms with Crippen LogP contribution in [-0.2, 0) is 0 Å². The van der Waals surface area contributed by atoms with Gasteiger partial charge in [0.1, 0.15) is 0 Å². The van der Waals surface area contributed by atoms with E-state index in [4.69, 9.17) is 17.3 Å². The van der Waals surface area contributed by atoms with Gasteiger partial charge in [0, 0.05) is 22.8 Å². The lowest BCUT2D eigenvalue weighted by molar-refractivity contribution is 0.770. The molecule has 1 aliphatic rings. The summed E-state index contributed by atoms with van der Waals surface area (Å²) in [5, 5.41) is 1.69. The SMILES string of the molecule is NC1CC(Cl)=CC=C1CBr. The van der Waals surface area contributed by atoms with Gasteiger partial charge < -0.3 is 5.73 Å². The molecule has 0 aromatic heterocycles. The fourth-order valence-corrected chi connectivity index (χ4v) is 1.71. The maximum Gasteiger partial charge on any atom is 0.0314 e. The van der Waals surface area contributed by atoms with Crippen LogP contribution in [0.2, 0.25) is 0 Å². The van der Waals surface area contributed by atoms with Gasteiger partial charge in [-0.3, -0.25) is 0 Å². The van der Waals surface area contributed by atoms with Crippen LogP contribution in [0.3, 0.4) is 0 Å². The monoisotopic (exact) mass is 221 g/mol.